The molecular formula is C13H21F2N3O2S. The smallest absolute Gasteiger partial charge is 0.301 e. The number of nitrogens with zero attached hydrogens (tertiary/aromatic N) is 1. The fourth-order valence-corrected chi connectivity index (χ4v) is 2.62. The Morgan fingerprint density at radius 2 is 1.90 bits per heavy atom. The summed E-state index contributed by atoms with van der Waals surface area (Å²) in [5, 5.41) is 3.08. The quantitative estimate of drug-likeness (QED) is 0.719. The minimum atomic E-state index is -3.90. The van der Waals surface area contributed by atoms with Crippen molar-refractivity contribution >= 4 is 15.9 Å². The van der Waals surface area contributed by atoms with Crippen LogP contribution < -0.4 is 10.0 Å². The van der Waals surface area contributed by atoms with E-state index in [0.29, 0.717) is 13.0 Å². The molecule has 0 radical (unpaired) electrons. The normalized spacial score (nSPS) is 11.9. The van der Waals surface area contributed by atoms with Crippen molar-refractivity contribution in [2.24, 2.45) is 0 Å². The summed E-state index contributed by atoms with van der Waals surface area (Å²) in [5.74, 6) is -1.47. The Balaban J connectivity index is 2.74. The summed E-state index contributed by atoms with van der Waals surface area (Å²) in [6.07, 6.45) is 0.621. The first-order chi connectivity index (χ1) is 9.77. The van der Waals surface area contributed by atoms with Crippen LogP contribution >= 0.6 is 0 Å². The van der Waals surface area contributed by atoms with Crippen molar-refractivity contribution in [1.82, 2.24) is 9.62 Å². The number of benzene rings is 1. The fraction of sp³-hybridized carbons (Fsp3) is 0.538. The van der Waals surface area contributed by atoms with Crippen LogP contribution in [0.15, 0.2) is 12.1 Å². The van der Waals surface area contributed by atoms with Gasteiger partial charge in [0.1, 0.15) is 11.6 Å². The van der Waals surface area contributed by atoms with Crippen LogP contribution in [0.1, 0.15) is 18.9 Å². The van der Waals surface area contributed by atoms with Crippen molar-refractivity contribution in [1.29, 1.82) is 0 Å². The molecule has 0 aliphatic rings. The SMILES string of the molecule is CCNCCCN(C)S(=O)(=O)Nc1cc(F)c(C)cc1F. The summed E-state index contributed by atoms with van der Waals surface area (Å²) < 4.78 is 54.2. The summed E-state index contributed by atoms with van der Waals surface area (Å²) in [6.45, 7) is 5.13. The van der Waals surface area contributed by atoms with Crippen molar-refractivity contribution in [3.63, 3.8) is 0 Å². The predicted molar refractivity (Wildman–Crippen MR) is 79.4 cm³/mol. The number of aryl methyl sites for hydroxylation is 1. The molecule has 0 aliphatic carbocycles. The zero-order chi connectivity index (χ0) is 16.0. The summed E-state index contributed by atoms with van der Waals surface area (Å²) in [5.41, 5.74) is -0.272. The third-order valence-corrected chi connectivity index (χ3v) is 4.46. The van der Waals surface area contributed by atoms with Gasteiger partial charge in [0, 0.05) is 19.7 Å². The van der Waals surface area contributed by atoms with E-state index in [-0.39, 0.29) is 12.1 Å². The molecule has 5 nitrogen and oxygen atoms in total. The van der Waals surface area contributed by atoms with Gasteiger partial charge in [-0.05, 0) is 38.1 Å². The van der Waals surface area contributed by atoms with Crippen LogP contribution in [0.2, 0.25) is 0 Å². The van der Waals surface area contributed by atoms with Crippen LogP contribution in [0.3, 0.4) is 0 Å². The molecule has 0 unspecified atom stereocenters. The highest BCUT2D eigenvalue weighted by Gasteiger charge is 2.19. The predicted octanol–water partition coefficient (Wildman–Crippen LogP) is 1.86. The van der Waals surface area contributed by atoms with E-state index in [1.54, 1.807) is 0 Å². The molecule has 0 aromatic heterocycles. The zero-order valence-electron chi connectivity index (χ0n) is 12.4. The minimum absolute atomic E-state index is 0.120. The molecule has 0 bridgehead atoms. The molecule has 0 amide bonds. The number of nitrogens with one attached hydrogen (secondary N) is 2. The van der Waals surface area contributed by atoms with Crippen molar-refractivity contribution in [2.45, 2.75) is 20.3 Å². The van der Waals surface area contributed by atoms with E-state index < -0.39 is 27.5 Å². The van der Waals surface area contributed by atoms with Gasteiger partial charge >= 0.3 is 10.2 Å². The van der Waals surface area contributed by atoms with E-state index in [1.165, 1.54) is 14.0 Å². The Labute approximate surface area is 124 Å². The first kappa shape index (κ1) is 17.8. The largest absolute Gasteiger partial charge is 0.317 e. The molecule has 1 aromatic rings. The van der Waals surface area contributed by atoms with E-state index in [0.717, 1.165) is 23.0 Å². The highest BCUT2D eigenvalue weighted by Crippen LogP contribution is 2.20. The monoisotopic (exact) mass is 321 g/mol. The molecule has 0 aliphatic heterocycles. The molecule has 0 saturated carbocycles. The molecule has 0 heterocycles. The Hall–Kier alpha value is -1.25. The topological polar surface area (TPSA) is 61.4 Å². The summed E-state index contributed by atoms with van der Waals surface area (Å²) in [6, 6.07) is 1.80. The second-order valence-corrected chi connectivity index (χ2v) is 6.49. The van der Waals surface area contributed by atoms with E-state index in [9.17, 15) is 17.2 Å². The first-order valence-electron chi connectivity index (χ1n) is 6.68. The van der Waals surface area contributed by atoms with Crippen molar-refractivity contribution in [3.05, 3.63) is 29.3 Å². The highest BCUT2D eigenvalue weighted by molar-refractivity contribution is 7.90. The van der Waals surface area contributed by atoms with Gasteiger partial charge in [-0.1, -0.05) is 6.92 Å². The maximum Gasteiger partial charge on any atom is 0.301 e. The maximum atomic E-state index is 13.7. The number of halogens is 2. The van der Waals surface area contributed by atoms with Crippen LogP contribution in [0.25, 0.3) is 0 Å². The standard InChI is InChI=1S/C13H21F2N3O2S/c1-4-16-6-5-7-18(3)21(19,20)17-13-9-11(14)10(2)8-12(13)15/h8-9,16-17H,4-7H2,1-3H3. The van der Waals surface area contributed by atoms with Crippen LogP contribution in [0.5, 0.6) is 0 Å². The van der Waals surface area contributed by atoms with Crippen LogP contribution in [-0.2, 0) is 10.2 Å². The molecule has 0 spiro atoms. The molecule has 0 saturated heterocycles. The van der Waals surface area contributed by atoms with E-state index in [1.807, 2.05) is 6.92 Å². The summed E-state index contributed by atoms with van der Waals surface area (Å²) in [7, 11) is -2.52. The van der Waals surface area contributed by atoms with Crippen molar-refractivity contribution in [2.75, 3.05) is 31.4 Å². The first-order valence-corrected chi connectivity index (χ1v) is 8.12. The number of anilines is 1. The number of hydrogen-bond acceptors (Lipinski definition) is 3. The molecular weight excluding hydrogens is 300 g/mol. The van der Waals surface area contributed by atoms with E-state index >= 15 is 0 Å². The van der Waals surface area contributed by atoms with Gasteiger partial charge in [0.15, 0.2) is 0 Å². The Bertz CT molecular complexity index is 579. The summed E-state index contributed by atoms with van der Waals surface area (Å²) in [4.78, 5) is 0. The van der Waals surface area contributed by atoms with Gasteiger partial charge < -0.3 is 5.32 Å². The Kier molecular flexibility index (Phi) is 6.50. The molecule has 1 aromatic carbocycles. The second kappa shape index (κ2) is 7.67. The van der Waals surface area contributed by atoms with Crippen LogP contribution in [-0.4, -0.2) is 39.4 Å². The van der Waals surface area contributed by atoms with Gasteiger partial charge in [-0.2, -0.15) is 12.7 Å². The van der Waals surface area contributed by atoms with Gasteiger partial charge in [0.2, 0.25) is 0 Å². The van der Waals surface area contributed by atoms with Gasteiger partial charge in [-0.3, -0.25) is 4.72 Å². The van der Waals surface area contributed by atoms with Gasteiger partial charge in [0.05, 0.1) is 5.69 Å². The lowest BCUT2D eigenvalue weighted by molar-refractivity contribution is 0.459. The average molecular weight is 321 g/mol. The van der Waals surface area contributed by atoms with Crippen molar-refractivity contribution in [3.8, 4) is 0 Å². The maximum absolute atomic E-state index is 13.7. The highest BCUT2D eigenvalue weighted by atomic mass is 32.2. The third-order valence-electron chi connectivity index (χ3n) is 2.97. The van der Waals surface area contributed by atoms with Crippen LogP contribution in [0.4, 0.5) is 14.5 Å². The lowest BCUT2D eigenvalue weighted by atomic mass is 10.2. The van der Waals surface area contributed by atoms with Gasteiger partial charge in [-0.25, -0.2) is 8.78 Å². The van der Waals surface area contributed by atoms with Gasteiger partial charge in [-0.15, -0.1) is 0 Å². The molecule has 120 valence electrons. The number of hydrogen-bond donors (Lipinski definition) is 2. The van der Waals surface area contributed by atoms with E-state index in [4.69, 9.17) is 0 Å². The van der Waals surface area contributed by atoms with Crippen molar-refractivity contribution < 1.29 is 17.2 Å². The zero-order valence-corrected chi connectivity index (χ0v) is 13.2. The molecule has 0 atom stereocenters. The lowest BCUT2D eigenvalue weighted by Gasteiger charge is -2.18. The van der Waals surface area contributed by atoms with Gasteiger partial charge in [0.25, 0.3) is 0 Å². The molecule has 2 N–H and O–H groups in total. The fourth-order valence-electron chi connectivity index (χ4n) is 1.67. The lowest BCUT2D eigenvalue weighted by Crippen LogP contribution is -2.34. The third kappa shape index (κ3) is 5.22. The molecule has 21 heavy (non-hydrogen) atoms. The molecule has 0 fully saturated rings. The summed E-state index contributed by atoms with van der Waals surface area (Å²) >= 11 is 0. The second-order valence-electron chi connectivity index (χ2n) is 4.72. The van der Waals surface area contributed by atoms with E-state index in [2.05, 4.69) is 10.0 Å². The average Bonchev–Trinajstić information content (AvgIpc) is 2.40. The molecule has 8 heteroatoms. The number of rotatable bonds is 8. The van der Waals surface area contributed by atoms with Crippen LogP contribution in [0, 0.1) is 18.6 Å². The Morgan fingerprint density at radius 3 is 2.52 bits per heavy atom. The Morgan fingerprint density at radius 1 is 1.24 bits per heavy atom. The molecule has 1 rings (SSSR count). The minimum Gasteiger partial charge on any atom is -0.317 e.